The van der Waals surface area contributed by atoms with Crippen molar-refractivity contribution in [1.82, 2.24) is 25.0 Å². The molecule has 0 aliphatic carbocycles. The van der Waals surface area contributed by atoms with Crippen molar-refractivity contribution in [3.63, 3.8) is 0 Å². The number of hydrogen-bond donors (Lipinski definition) is 1. The molecule has 1 aromatic carbocycles. The van der Waals surface area contributed by atoms with Crippen LogP contribution >= 0.6 is 0 Å². The number of benzene rings is 1. The van der Waals surface area contributed by atoms with Crippen LogP contribution in [0, 0.1) is 0 Å². The first-order valence-electron chi connectivity index (χ1n) is 8.03. The zero-order valence-electron chi connectivity index (χ0n) is 13.7. The van der Waals surface area contributed by atoms with Gasteiger partial charge in [0.1, 0.15) is 17.8 Å². The zero-order chi connectivity index (χ0) is 17.8. The van der Waals surface area contributed by atoms with E-state index in [0.29, 0.717) is 12.2 Å². The van der Waals surface area contributed by atoms with Crippen LogP contribution in [0.5, 0.6) is 0 Å². The standard InChI is InChI=1S/C19H15N5O2/c25-19(17-11-16(23-26-17)15-4-2-1-3-5-15)22-12-14-6-7-21-18(10-14)24-9-8-20-13-24/h1-11,13H,12H2,(H,22,25). The Balaban J connectivity index is 1.43. The largest absolute Gasteiger partial charge is 0.350 e. The molecule has 0 aliphatic rings. The summed E-state index contributed by atoms with van der Waals surface area (Å²) in [5, 5.41) is 6.78. The molecule has 0 unspecified atom stereocenters. The van der Waals surface area contributed by atoms with Crippen molar-refractivity contribution >= 4 is 5.91 Å². The van der Waals surface area contributed by atoms with Gasteiger partial charge in [-0.3, -0.25) is 9.36 Å². The van der Waals surface area contributed by atoms with Gasteiger partial charge in [-0.15, -0.1) is 0 Å². The highest BCUT2D eigenvalue weighted by atomic mass is 16.5. The van der Waals surface area contributed by atoms with Crippen molar-refractivity contribution in [3.05, 3.63) is 84.8 Å². The van der Waals surface area contributed by atoms with Crippen molar-refractivity contribution in [2.24, 2.45) is 0 Å². The van der Waals surface area contributed by atoms with E-state index in [1.165, 1.54) is 0 Å². The molecule has 0 saturated heterocycles. The minimum atomic E-state index is -0.319. The highest BCUT2D eigenvalue weighted by molar-refractivity contribution is 5.92. The number of carbonyl (C=O) groups is 1. The number of aromatic nitrogens is 4. The van der Waals surface area contributed by atoms with Gasteiger partial charge >= 0.3 is 0 Å². The lowest BCUT2D eigenvalue weighted by Gasteiger charge is -2.06. The summed E-state index contributed by atoms with van der Waals surface area (Å²) in [5.74, 6) is 0.591. The molecule has 7 heteroatoms. The van der Waals surface area contributed by atoms with Crippen LogP contribution in [0.1, 0.15) is 16.1 Å². The summed E-state index contributed by atoms with van der Waals surface area (Å²) in [7, 11) is 0. The summed E-state index contributed by atoms with van der Waals surface area (Å²) >= 11 is 0. The van der Waals surface area contributed by atoms with E-state index >= 15 is 0 Å². The van der Waals surface area contributed by atoms with Crippen LogP contribution in [-0.2, 0) is 6.54 Å². The average Bonchev–Trinajstić information content (AvgIpc) is 3.39. The molecule has 4 aromatic rings. The van der Waals surface area contributed by atoms with E-state index in [2.05, 4.69) is 20.4 Å². The van der Waals surface area contributed by atoms with E-state index in [9.17, 15) is 4.79 Å². The Bertz CT molecular complexity index is 1010. The van der Waals surface area contributed by atoms with Crippen LogP contribution in [0.2, 0.25) is 0 Å². The van der Waals surface area contributed by atoms with Crippen LogP contribution in [0.15, 0.2) is 78.0 Å². The molecular weight excluding hydrogens is 330 g/mol. The monoisotopic (exact) mass is 345 g/mol. The van der Waals surface area contributed by atoms with Gasteiger partial charge in [0.05, 0.1) is 0 Å². The maximum Gasteiger partial charge on any atom is 0.290 e. The Kier molecular flexibility index (Phi) is 4.26. The molecule has 0 radical (unpaired) electrons. The van der Waals surface area contributed by atoms with Crippen LogP contribution in [-0.4, -0.2) is 25.6 Å². The highest BCUT2D eigenvalue weighted by Crippen LogP contribution is 2.18. The maximum atomic E-state index is 12.3. The fraction of sp³-hybridized carbons (Fsp3) is 0.0526. The van der Waals surface area contributed by atoms with Crippen molar-refractivity contribution < 1.29 is 9.32 Å². The first kappa shape index (κ1) is 15.8. The first-order valence-corrected chi connectivity index (χ1v) is 8.03. The second kappa shape index (κ2) is 7.02. The number of nitrogens with zero attached hydrogens (tertiary/aromatic N) is 4. The number of carbonyl (C=O) groups excluding carboxylic acids is 1. The lowest BCUT2D eigenvalue weighted by atomic mass is 10.1. The SMILES string of the molecule is O=C(NCc1ccnc(-n2ccnc2)c1)c1cc(-c2ccccc2)no1. The third-order valence-electron chi connectivity index (χ3n) is 3.84. The fourth-order valence-electron chi connectivity index (χ4n) is 2.50. The maximum absolute atomic E-state index is 12.3. The van der Waals surface area contributed by atoms with E-state index in [4.69, 9.17) is 4.52 Å². The Hall–Kier alpha value is -3.74. The lowest BCUT2D eigenvalue weighted by molar-refractivity contribution is 0.0914. The third kappa shape index (κ3) is 3.36. The van der Waals surface area contributed by atoms with Gasteiger partial charge in [-0.1, -0.05) is 35.5 Å². The molecule has 7 nitrogen and oxygen atoms in total. The topological polar surface area (TPSA) is 85.8 Å². The number of pyridine rings is 1. The Morgan fingerprint density at radius 3 is 2.81 bits per heavy atom. The first-order chi connectivity index (χ1) is 12.8. The summed E-state index contributed by atoms with van der Waals surface area (Å²) in [5.41, 5.74) is 2.44. The third-order valence-corrected chi connectivity index (χ3v) is 3.84. The van der Waals surface area contributed by atoms with Gasteiger partial charge in [0, 0.05) is 36.8 Å². The summed E-state index contributed by atoms with van der Waals surface area (Å²) < 4.78 is 6.96. The molecular formula is C19H15N5O2. The van der Waals surface area contributed by atoms with Gasteiger partial charge in [-0.2, -0.15) is 0 Å². The van der Waals surface area contributed by atoms with Crippen LogP contribution in [0.25, 0.3) is 17.1 Å². The minimum Gasteiger partial charge on any atom is -0.350 e. The van der Waals surface area contributed by atoms with Gasteiger partial charge in [0.25, 0.3) is 5.91 Å². The molecule has 3 aromatic heterocycles. The second-order valence-electron chi connectivity index (χ2n) is 5.62. The minimum absolute atomic E-state index is 0.174. The van der Waals surface area contributed by atoms with Gasteiger partial charge in [0.15, 0.2) is 0 Å². The zero-order valence-corrected chi connectivity index (χ0v) is 13.7. The average molecular weight is 345 g/mol. The van der Waals surface area contributed by atoms with E-state index in [0.717, 1.165) is 16.9 Å². The highest BCUT2D eigenvalue weighted by Gasteiger charge is 2.13. The number of hydrogen-bond acceptors (Lipinski definition) is 5. The van der Waals surface area contributed by atoms with E-state index in [1.807, 2.05) is 48.7 Å². The molecule has 1 N–H and O–H groups in total. The Morgan fingerprint density at radius 1 is 1.12 bits per heavy atom. The van der Waals surface area contributed by atoms with Crippen molar-refractivity contribution in [2.75, 3.05) is 0 Å². The van der Waals surface area contributed by atoms with Gasteiger partial charge in [-0.05, 0) is 17.7 Å². The Labute approximate surface area is 149 Å². The van der Waals surface area contributed by atoms with E-state index in [1.54, 1.807) is 29.4 Å². The lowest BCUT2D eigenvalue weighted by Crippen LogP contribution is -2.22. The summed E-state index contributed by atoms with van der Waals surface area (Å²) in [6.45, 7) is 0.352. The number of rotatable bonds is 5. The fourth-order valence-corrected chi connectivity index (χ4v) is 2.50. The quantitative estimate of drug-likeness (QED) is 0.601. The molecule has 26 heavy (non-hydrogen) atoms. The molecule has 3 heterocycles. The number of imidazole rings is 1. The summed E-state index contributed by atoms with van der Waals surface area (Å²) in [6.07, 6.45) is 6.86. The molecule has 0 bridgehead atoms. The molecule has 4 rings (SSSR count). The predicted octanol–water partition coefficient (Wildman–Crippen LogP) is 2.85. The molecule has 0 spiro atoms. The molecule has 0 aliphatic heterocycles. The van der Waals surface area contributed by atoms with Crippen molar-refractivity contribution in [2.45, 2.75) is 6.54 Å². The smallest absolute Gasteiger partial charge is 0.290 e. The molecule has 0 saturated carbocycles. The van der Waals surface area contributed by atoms with Crippen LogP contribution < -0.4 is 5.32 Å². The van der Waals surface area contributed by atoms with Gasteiger partial charge < -0.3 is 9.84 Å². The Morgan fingerprint density at radius 2 is 2.00 bits per heavy atom. The second-order valence-corrected chi connectivity index (χ2v) is 5.62. The normalized spacial score (nSPS) is 10.6. The van der Waals surface area contributed by atoms with Crippen LogP contribution in [0.4, 0.5) is 0 Å². The van der Waals surface area contributed by atoms with Crippen LogP contribution in [0.3, 0.4) is 0 Å². The number of amides is 1. The molecule has 128 valence electrons. The molecule has 0 atom stereocenters. The van der Waals surface area contributed by atoms with Gasteiger partial charge in [-0.25, -0.2) is 9.97 Å². The number of nitrogens with one attached hydrogen (secondary N) is 1. The van der Waals surface area contributed by atoms with Crippen molar-refractivity contribution in [1.29, 1.82) is 0 Å². The molecule has 0 fully saturated rings. The predicted molar refractivity (Wildman–Crippen MR) is 94.5 cm³/mol. The van der Waals surface area contributed by atoms with Crippen molar-refractivity contribution in [3.8, 4) is 17.1 Å². The van der Waals surface area contributed by atoms with E-state index < -0.39 is 0 Å². The summed E-state index contributed by atoms with van der Waals surface area (Å²) in [6, 6.07) is 14.9. The summed E-state index contributed by atoms with van der Waals surface area (Å²) in [4.78, 5) is 20.6. The van der Waals surface area contributed by atoms with E-state index in [-0.39, 0.29) is 11.7 Å². The molecule has 1 amide bonds. The van der Waals surface area contributed by atoms with Gasteiger partial charge in [0.2, 0.25) is 5.76 Å².